The average molecular weight is 360 g/mol. The van der Waals surface area contributed by atoms with Crippen LogP contribution in [-0.4, -0.2) is 44.7 Å². The summed E-state index contributed by atoms with van der Waals surface area (Å²) in [5.74, 6) is -0.456. The van der Waals surface area contributed by atoms with Crippen molar-refractivity contribution in [1.82, 2.24) is 0 Å². The maximum absolute atomic E-state index is 12.3. The number of aliphatic hydroxyl groups is 3. The van der Waals surface area contributed by atoms with Crippen molar-refractivity contribution in [3.05, 3.63) is 23.8 Å². The van der Waals surface area contributed by atoms with Crippen molar-refractivity contribution in [3.63, 3.8) is 0 Å². The van der Waals surface area contributed by atoms with Gasteiger partial charge in [0.15, 0.2) is 17.2 Å². The monoisotopic (exact) mass is 360 g/mol. The number of fused-ring (bicyclic) bond motifs is 5. The molecule has 4 aliphatic rings. The third kappa shape index (κ3) is 1.97. The lowest BCUT2D eigenvalue weighted by Gasteiger charge is -2.59. The van der Waals surface area contributed by atoms with Gasteiger partial charge in [-0.05, 0) is 56.6 Å². The highest BCUT2D eigenvalue weighted by atomic mass is 16.4. The third-order valence-corrected chi connectivity index (χ3v) is 8.25. The summed E-state index contributed by atoms with van der Waals surface area (Å²) < 4.78 is 0. The number of Topliss-reactive ketones (excluding diaryl/α,β-unsaturated/α-hetero) is 1. The molecule has 0 heterocycles. The molecule has 0 aromatic rings. The molecule has 142 valence electrons. The minimum atomic E-state index is -1.81. The molecule has 4 aliphatic carbocycles. The Morgan fingerprint density at radius 3 is 2.62 bits per heavy atom. The van der Waals surface area contributed by atoms with E-state index < -0.39 is 29.0 Å². The molecular weight excluding hydrogens is 332 g/mol. The molecule has 3 N–H and O–H groups in total. The Kier molecular flexibility index (Phi) is 3.73. The molecule has 3 saturated carbocycles. The Morgan fingerprint density at radius 2 is 1.96 bits per heavy atom. The van der Waals surface area contributed by atoms with Crippen molar-refractivity contribution in [2.45, 2.75) is 64.3 Å². The maximum atomic E-state index is 12.3. The zero-order chi connectivity index (χ0) is 19.1. The van der Waals surface area contributed by atoms with Crippen LogP contribution >= 0.6 is 0 Å². The average Bonchev–Trinajstić information content (AvgIpc) is 2.76. The van der Waals surface area contributed by atoms with Crippen LogP contribution in [0.15, 0.2) is 23.8 Å². The lowest BCUT2D eigenvalue weighted by molar-refractivity contribution is -0.186. The van der Waals surface area contributed by atoms with Gasteiger partial charge < -0.3 is 15.3 Å². The Labute approximate surface area is 153 Å². The second kappa shape index (κ2) is 5.37. The molecule has 0 aromatic carbocycles. The highest BCUT2D eigenvalue weighted by molar-refractivity contribution is 6.01. The van der Waals surface area contributed by atoms with Gasteiger partial charge in [-0.2, -0.15) is 0 Å². The van der Waals surface area contributed by atoms with Crippen LogP contribution in [0.25, 0.3) is 0 Å². The zero-order valence-electron chi connectivity index (χ0n) is 15.6. The van der Waals surface area contributed by atoms with Crippen LogP contribution in [0.5, 0.6) is 0 Å². The second-order valence-corrected chi connectivity index (χ2v) is 9.29. The van der Waals surface area contributed by atoms with Gasteiger partial charge in [0.05, 0.1) is 12.2 Å². The molecule has 26 heavy (non-hydrogen) atoms. The predicted molar refractivity (Wildman–Crippen MR) is 95.0 cm³/mol. The number of hydrogen-bond donors (Lipinski definition) is 3. The Balaban J connectivity index is 1.79. The largest absolute Gasteiger partial charge is 0.393 e. The molecule has 2 unspecified atom stereocenters. The van der Waals surface area contributed by atoms with Crippen molar-refractivity contribution < 1.29 is 24.9 Å². The highest BCUT2D eigenvalue weighted by Crippen LogP contribution is 2.67. The quantitative estimate of drug-likeness (QED) is 0.660. The minimum absolute atomic E-state index is 0.00620. The van der Waals surface area contributed by atoms with Crippen LogP contribution in [0.2, 0.25) is 0 Å². The van der Waals surface area contributed by atoms with E-state index in [2.05, 4.69) is 6.92 Å². The molecule has 3 fully saturated rings. The van der Waals surface area contributed by atoms with Gasteiger partial charge in [-0.3, -0.25) is 9.59 Å². The Bertz CT molecular complexity index is 739. The van der Waals surface area contributed by atoms with E-state index in [0.29, 0.717) is 6.42 Å². The highest BCUT2D eigenvalue weighted by Gasteiger charge is 2.70. The molecule has 5 nitrogen and oxygen atoms in total. The summed E-state index contributed by atoms with van der Waals surface area (Å²) in [7, 11) is 0. The van der Waals surface area contributed by atoms with E-state index in [4.69, 9.17) is 0 Å². The van der Waals surface area contributed by atoms with Crippen molar-refractivity contribution in [1.29, 1.82) is 0 Å². The van der Waals surface area contributed by atoms with Crippen LogP contribution < -0.4 is 0 Å². The van der Waals surface area contributed by atoms with Crippen LogP contribution in [0.3, 0.4) is 0 Å². The first kappa shape index (κ1) is 18.1. The second-order valence-electron chi connectivity index (χ2n) is 9.29. The van der Waals surface area contributed by atoms with Crippen molar-refractivity contribution in [2.75, 3.05) is 0 Å². The fourth-order valence-electron chi connectivity index (χ4n) is 6.97. The molecule has 0 spiro atoms. The number of aliphatic hydroxyl groups excluding tert-OH is 2. The standard InChI is InChI=1S/C21H28O5/c1-11(22)21(26)17(25)9-15-14-5-4-12-8-13(23)6-7-19(12,2)18(14)16(24)10-20(15,21)3/h6-8,14-18,24-26H,4-5,9-10H2,1-3H3/t14-,15-,16?,17?,18+,19-,20-,21+/m0/s1. The molecule has 0 aromatic heterocycles. The van der Waals surface area contributed by atoms with Crippen molar-refractivity contribution in [3.8, 4) is 0 Å². The number of hydrogen-bond acceptors (Lipinski definition) is 5. The van der Waals surface area contributed by atoms with Crippen LogP contribution in [-0.2, 0) is 9.59 Å². The van der Waals surface area contributed by atoms with Gasteiger partial charge >= 0.3 is 0 Å². The molecular formula is C21H28O5. The molecule has 0 radical (unpaired) electrons. The van der Waals surface area contributed by atoms with E-state index in [0.717, 1.165) is 18.4 Å². The number of allylic oxidation sites excluding steroid dienone is 4. The molecule has 0 bridgehead atoms. The maximum Gasteiger partial charge on any atom is 0.178 e. The minimum Gasteiger partial charge on any atom is -0.393 e. The van der Waals surface area contributed by atoms with Gasteiger partial charge in [-0.25, -0.2) is 0 Å². The molecule has 0 amide bonds. The first-order chi connectivity index (χ1) is 12.1. The summed E-state index contributed by atoms with van der Waals surface area (Å²) in [4.78, 5) is 24.1. The normalized spacial score (nSPS) is 52.8. The summed E-state index contributed by atoms with van der Waals surface area (Å²) >= 11 is 0. The molecule has 0 saturated heterocycles. The van der Waals surface area contributed by atoms with Crippen LogP contribution in [0.4, 0.5) is 0 Å². The number of carbonyl (C=O) groups excluding carboxylic acids is 2. The van der Waals surface area contributed by atoms with E-state index in [1.165, 1.54) is 6.92 Å². The SMILES string of the molecule is CC(=O)[C@@]1(O)C(O)C[C@H]2[C@@H]3CCC4=CC(=O)C=C[C@]4(C)[C@H]3C(O)C[C@@]21C. The Morgan fingerprint density at radius 1 is 1.27 bits per heavy atom. The smallest absolute Gasteiger partial charge is 0.178 e. The van der Waals surface area contributed by atoms with E-state index in [-0.39, 0.29) is 35.4 Å². The van der Waals surface area contributed by atoms with Gasteiger partial charge in [0.2, 0.25) is 0 Å². The molecule has 5 heteroatoms. The fraction of sp³-hybridized carbons (Fsp3) is 0.714. The number of carbonyl (C=O) groups is 2. The molecule has 8 atom stereocenters. The van der Waals surface area contributed by atoms with Crippen LogP contribution in [0.1, 0.15) is 46.5 Å². The topological polar surface area (TPSA) is 94.8 Å². The van der Waals surface area contributed by atoms with Gasteiger partial charge in [0.25, 0.3) is 0 Å². The Hall–Kier alpha value is -1.30. The fourth-order valence-corrected chi connectivity index (χ4v) is 6.97. The van der Waals surface area contributed by atoms with Crippen molar-refractivity contribution >= 4 is 11.6 Å². The van der Waals surface area contributed by atoms with Crippen molar-refractivity contribution in [2.24, 2.45) is 28.6 Å². The molecule has 4 rings (SSSR count). The zero-order valence-corrected chi connectivity index (χ0v) is 15.6. The van der Waals surface area contributed by atoms with Gasteiger partial charge in [-0.15, -0.1) is 0 Å². The summed E-state index contributed by atoms with van der Waals surface area (Å²) in [6.45, 7) is 5.25. The van der Waals surface area contributed by atoms with E-state index in [9.17, 15) is 24.9 Å². The summed E-state index contributed by atoms with van der Waals surface area (Å²) in [5, 5.41) is 32.9. The summed E-state index contributed by atoms with van der Waals surface area (Å²) in [6.07, 6.45) is 5.61. The number of rotatable bonds is 1. The van der Waals surface area contributed by atoms with E-state index in [1.54, 1.807) is 12.2 Å². The van der Waals surface area contributed by atoms with E-state index >= 15 is 0 Å². The third-order valence-electron chi connectivity index (χ3n) is 8.25. The van der Waals surface area contributed by atoms with Crippen LogP contribution in [0, 0.1) is 28.6 Å². The summed E-state index contributed by atoms with van der Waals surface area (Å²) in [6, 6.07) is 0. The van der Waals surface area contributed by atoms with Gasteiger partial charge in [0.1, 0.15) is 0 Å². The van der Waals surface area contributed by atoms with E-state index in [1.807, 2.05) is 13.0 Å². The number of ketones is 2. The lowest BCUT2D eigenvalue weighted by Crippen LogP contribution is -2.62. The molecule has 0 aliphatic heterocycles. The van der Waals surface area contributed by atoms with Gasteiger partial charge in [0, 0.05) is 16.7 Å². The first-order valence-corrected chi connectivity index (χ1v) is 9.59. The van der Waals surface area contributed by atoms with Gasteiger partial charge in [-0.1, -0.05) is 25.5 Å². The summed E-state index contributed by atoms with van der Waals surface area (Å²) in [5.41, 5.74) is -1.97. The lowest BCUT2D eigenvalue weighted by atomic mass is 9.46. The first-order valence-electron chi connectivity index (χ1n) is 9.59. The predicted octanol–water partition coefficient (Wildman–Crippen LogP) is 1.56.